The first-order valence-electron chi connectivity index (χ1n) is 11.6. The van der Waals surface area contributed by atoms with Gasteiger partial charge in [-0.3, -0.25) is 4.79 Å². The Balaban J connectivity index is 1.49. The van der Waals surface area contributed by atoms with Crippen LogP contribution in [0.2, 0.25) is 0 Å². The minimum Gasteiger partial charge on any atom is -0.458 e. The number of aromatic nitrogens is 2. The Bertz CT molecular complexity index is 1140. The number of nitrogens with one attached hydrogen (secondary N) is 1. The maximum Gasteiger partial charge on any atom is 0.348 e. The van der Waals surface area contributed by atoms with E-state index in [4.69, 9.17) is 9.47 Å². The van der Waals surface area contributed by atoms with Crippen molar-refractivity contribution < 1.29 is 19.1 Å². The van der Waals surface area contributed by atoms with Gasteiger partial charge < -0.3 is 14.5 Å². The van der Waals surface area contributed by atoms with Gasteiger partial charge in [-0.1, -0.05) is 91.0 Å². The van der Waals surface area contributed by atoms with Crippen LogP contribution in [-0.4, -0.2) is 28.0 Å². The predicted octanol–water partition coefficient (Wildman–Crippen LogP) is 4.71. The summed E-state index contributed by atoms with van der Waals surface area (Å²) < 4.78 is 11.3. The summed E-state index contributed by atoms with van der Waals surface area (Å²) in [6, 6.07) is 29.0. The van der Waals surface area contributed by atoms with Crippen molar-refractivity contribution in [1.82, 2.24) is 9.97 Å². The molecule has 6 heteroatoms. The van der Waals surface area contributed by atoms with E-state index in [0.717, 1.165) is 16.7 Å². The van der Waals surface area contributed by atoms with Crippen molar-refractivity contribution in [3.8, 4) is 0 Å². The molecule has 0 fully saturated rings. The molecule has 0 aliphatic rings. The van der Waals surface area contributed by atoms with E-state index in [1.54, 1.807) is 6.20 Å². The fraction of sp³-hybridized carbons (Fsp3) is 0.207. The number of ether oxygens (including phenoxy) is 2. The smallest absolute Gasteiger partial charge is 0.348 e. The van der Waals surface area contributed by atoms with Gasteiger partial charge in [0.1, 0.15) is 6.61 Å². The number of benzene rings is 3. The minimum atomic E-state index is -1.08. The van der Waals surface area contributed by atoms with E-state index in [-0.39, 0.29) is 13.0 Å². The third-order valence-corrected chi connectivity index (χ3v) is 5.69. The second-order valence-corrected chi connectivity index (χ2v) is 8.38. The summed E-state index contributed by atoms with van der Waals surface area (Å²) in [6.45, 7) is 0.105. The highest BCUT2D eigenvalue weighted by Crippen LogP contribution is 2.19. The molecule has 0 radical (unpaired) electrons. The van der Waals surface area contributed by atoms with E-state index < -0.39 is 24.0 Å². The number of H-pyrrole nitrogens is 1. The van der Waals surface area contributed by atoms with E-state index in [9.17, 15) is 9.59 Å². The van der Waals surface area contributed by atoms with Crippen LogP contribution in [0.3, 0.4) is 0 Å². The SMILES string of the molecule is O=C(O[C@@H](Cc1cnc[nH]1)C(=O)OCc1ccccc1)C(Cc1ccccc1)Cc1ccccc1. The van der Waals surface area contributed by atoms with Gasteiger partial charge in [0, 0.05) is 18.3 Å². The van der Waals surface area contributed by atoms with E-state index in [1.165, 1.54) is 6.33 Å². The molecule has 0 saturated carbocycles. The van der Waals surface area contributed by atoms with Crippen LogP contribution in [0, 0.1) is 5.92 Å². The Morgan fingerprint density at radius 3 is 1.77 bits per heavy atom. The van der Waals surface area contributed by atoms with Crippen LogP contribution in [0.15, 0.2) is 104 Å². The maximum atomic E-state index is 13.4. The first kappa shape index (κ1) is 24.0. The molecule has 1 aromatic heterocycles. The zero-order valence-electron chi connectivity index (χ0n) is 19.4. The van der Waals surface area contributed by atoms with E-state index in [1.807, 2.05) is 91.0 Å². The van der Waals surface area contributed by atoms with Crippen molar-refractivity contribution in [2.24, 2.45) is 5.92 Å². The van der Waals surface area contributed by atoms with Crippen LogP contribution in [0.1, 0.15) is 22.4 Å². The van der Waals surface area contributed by atoms with E-state index in [0.29, 0.717) is 18.5 Å². The Labute approximate surface area is 205 Å². The number of aromatic amines is 1. The lowest BCUT2D eigenvalue weighted by Crippen LogP contribution is -2.35. The lowest BCUT2D eigenvalue weighted by atomic mass is 9.92. The molecular formula is C29H28N2O4. The van der Waals surface area contributed by atoms with Gasteiger partial charge in [-0.05, 0) is 29.5 Å². The largest absolute Gasteiger partial charge is 0.458 e. The molecule has 1 heterocycles. The molecule has 1 N–H and O–H groups in total. The summed E-state index contributed by atoms with van der Waals surface area (Å²) >= 11 is 0. The zero-order valence-corrected chi connectivity index (χ0v) is 19.4. The first-order chi connectivity index (χ1) is 17.2. The monoisotopic (exact) mass is 468 g/mol. The fourth-order valence-corrected chi connectivity index (χ4v) is 3.86. The van der Waals surface area contributed by atoms with Gasteiger partial charge in [0.25, 0.3) is 0 Å². The fourth-order valence-electron chi connectivity index (χ4n) is 3.86. The summed E-state index contributed by atoms with van der Waals surface area (Å²) in [5, 5.41) is 0. The van der Waals surface area contributed by atoms with Crippen LogP contribution in [0.25, 0.3) is 0 Å². The van der Waals surface area contributed by atoms with Gasteiger partial charge >= 0.3 is 11.9 Å². The summed E-state index contributed by atoms with van der Waals surface area (Å²) in [5.41, 5.74) is 3.60. The quantitative estimate of drug-likeness (QED) is 0.323. The molecule has 0 bridgehead atoms. The molecule has 178 valence electrons. The lowest BCUT2D eigenvalue weighted by molar-refractivity contribution is -0.171. The molecule has 0 aliphatic carbocycles. The summed E-state index contributed by atoms with van der Waals surface area (Å²) in [5.74, 6) is -1.47. The van der Waals surface area contributed by atoms with Gasteiger partial charge in [0.05, 0.1) is 12.2 Å². The van der Waals surface area contributed by atoms with Crippen LogP contribution in [-0.2, 0) is 44.9 Å². The van der Waals surface area contributed by atoms with Gasteiger partial charge in [0.2, 0.25) is 6.10 Å². The highest BCUT2D eigenvalue weighted by atomic mass is 16.6. The van der Waals surface area contributed by atoms with Crippen LogP contribution in [0.4, 0.5) is 0 Å². The molecule has 3 aromatic carbocycles. The third kappa shape index (κ3) is 7.40. The number of nitrogens with zero attached hydrogens (tertiary/aromatic N) is 1. The predicted molar refractivity (Wildman–Crippen MR) is 132 cm³/mol. The van der Waals surface area contributed by atoms with Gasteiger partial charge in [0.15, 0.2) is 0 Å². The Hall–Kier alpha value is -4.19. The highest BCUT2D eigenvalue weighted by Gasteiger charge is 2.30. The van der Waals surface area contributed by atoms with Crippen molar-refractivity contribution >= 4 is 11.9 Å². The molecule has 35 heavy (non-hydrogen) atoms. The number of hydrogen-bond acceptors (Lipinski definition) is 5. The molecule has 6 nitrogen and oxygen atoms in total. The van der Waals surface area contributed by atoms with Crippen molar-refractivity contribution in [3.63, 3.8) is 0 Å². The second kappa shape index (κ2) is 12.3. The van der Waals surface area contributed by atoms with Crippen LogP contribution in [0.5, 0.6) is 0 Å². The minimum absolute atomic E-state index is 0.105. The third-order valence-electron chi connectivity index (χ3n) is 5.69. The van der Waals surface area contributed by atoms with Crippen molar-refractivity contribution in [2.45, 2.75) is 32.0 Å². The van der Waals surface area contributed by atoms with E-state index in [2.05, 4.69) is 9.97 Å². The number of esters is 2. The van der Waals surface area contributed by atoms with Crippen molar-refractivity contribution in [2.75, 3.05) is 0 Å². The molecule has 4 aromatic rings. The second-order valence-electron chi connectivity index (χ2n) is 8.38. The highest BCUT2D eigenvalue weighted by molar-refractivity contribution is 5.81. The number of rotatable bonds is 11. The molecular weight excluding hydrogens is 440 g/mol. The lowest BCUT2D eigenvalue weighted by Gasteiger charge is -2.21. The molecule has 0 unspecified atom stereocenters. The zero-order chi connectivity index (χ0) is 24.3. The number of imidazole rings is 1. The molecule has 0 amide bonds. The van der Waals surface area contributed by atoms with Crippen molar-refractivity contribution in [1.29, 1.82) is 0 Å². The topological polar surface area (TPSA) is 81.3 Å². The summed E-state index contributed by atoms with van der Waals surface area (Å²) in [4.78, 5) is 33.4. The average molecular weight is 469 g/mol. The Morgan fingerprint density at radius 1 is 0.714 bits per heavy atom. The molecule has 0 aliphatic heterocycles. The van der Waals surface area contributed by atoms with Gasteiger partial charge in [-0.15, -0.1) is 0 Å². The van der Waals surface area contributed by atoms with E-state index >= 15 is 0 Å². The molecule has 4 rings (SSSR count). The van der Waals surface area contributed by atoms with Gasteiger partial charge in [-0.25, -0.2) is 9.78 Å². The van der Waals surface area contributed by atoms with Crippen LogP contribution < -0.4 is 0 Å². The van der Waals surface area contributed by atoms with Crippen LogP contribution >= 0.6 is 0 Å². The van der Waals surface area contributed by atoms with Gasteiger partial charge in [-0.2, -0.15) is 0 Å². The average Bonchev–Trinajstić information content (AvgIpc) is 3.41. The molecule has 0 saturated heterocycles. The normalized spacial score (nSPS) is 11.7. The molecule has 0 spiro atoms. The number of hydrogen-bond donors (Lipinski definition) is 1. The Morgan fingerprint density at radius 2 is 1.26 bits per heavy atom. The summed E-state index contributed by atoms with van der Waals surface area (Å²) in [6.07, 6.45) is 3.21. The Kier molecular flexibility index (Phi) is 8.43. The number of carbonyl (C=O) groups excluding carboxylic acids is 2. The molecule has 1 atom stereocenters. The van der Waals surface area contributed by atoms with Crippen molar-refractivity contribution in [3.05, 3.63) is 126 Å². The first-order valence-corrected chi connectivity index (χ1v) is 11.6. The summed E-state index contributed by atoms with van der Waals surface area (Å²) in [7, 11) is 0. The number of carbonyl (C=O) groups is 2. The standard InChI is InChI=1S/C29H28N2O4/c32-28(25(16-22-10-4-1-5-11-22)17-23-12-6-2-7-13-23)35-27(18-26-19-30-21-31-26)29(33)34-20-24-14-8-3-9-15-24/h1-15,19,21,25,27H,16-18,20H2,(H,30,31)/t27-/m0/s1. The maximum absolute atomic E-state index is 13.4.